The molecule has 4 heterocycles. The van der Waals surface area contributed by atoms with Crippen LogP contribution in [0.25, 0.3) is 0 Å². The molecule has 2 saturated heterocycles. The number of piperazine rings is 1. The quantitative estimate of drug-likeness (QED) is 0.352. The number of carbonyl (C=O) groups excluding carboxylic acids is 1. The van der Waals surface area contributed by atoms with Crippen molar-refractivity contribution in [2.24, 2.45) is 17.8 Å². The molecule has 7 rings (SSSR count). The fourth-order valence-electron chi connectivity index (χ4n) is 8.90. The Bertz CT molecular complexity index is 1850. The van der Waals surface area contributed by atoms with Crippen LogP contribution in [0.1, 0.15) is 67.4 Å². The average Bonchev–Trinajstić information content (AvgIpc) is 3.17. The number of alkyl halides is 3. The Balaban J connectivity index is 1.31. The van der Waals surface area contributed by atoms with Gasteiger partial charge < -0.3 is 19.1 Å². The molecule has 5 aliphatic rings. The van der Waals surface area contributed by atoms with Gasteiger partial charge in [0.2, 0.25) is 10.0 Å². The van der Waals surface area contributed by atoms with Crippen LogP contribution in [0.5, 0.6) is 5.75 Å². The van der Waals surface area contributed by atoms with Gasteiger partial charge in [-0.3, -0.25) is 14.6 Å². The number of allylic oxidation sites excluding steroid dienone is 1. The number of amides is 1. The predicted molar refractivity (Wildman–Crippen MR) is 205 cm³/mol. The lowest BCUT2D eigenvalue weighted by Crippen LogP contribution is -2.68. The minimum absolute atomic E-state index is 0.0151. The molecule has 3 fully saturated rings. The van der Waals surface area contributed by atoms with E-state index in [2.05, 4.69) is 19.4 Å². The first-order valence-electron chi connectivity index (χ1n) is 19.5. The molecule has 0 aromatic heterocycles. The lowest BCUT2D eigenvalue weighted by Gasteiger charge is -2.57. The summed E-state index contributed by atoms with van der Waals surface area (Å²) in [5, 5.41) is -0.333. The molecule has 15 heteroatoms. The summed E-state index contributed by atoms with van der Waals surface area (Å²) in [6.45, 7) is 6.77. The van der Waals surface area contributed by atoms with Crippen molar-refractivity contribution in [3.05, 3.63) is 70.3 Å². The number of fused-ring (bicyclic) bond motifs is 4. The van der Waals surface area contributed by atoms with Crippen LogP contribution < -0.4 is 14.4 Å². The SMILES string of the molecule is C[C@@H]1[C@@H](C)C/C=C/[C@](OCC(F)(F)F)(N2CCN3CCOC[C@@H]3C2)[C@@H]2CC[C@H]2CN2CCCCc3cc(Cl)ccc3COc3ccc(cc32)C(=O)NS1(=O)=O. The van der Waals surface area contributed by atoms with Gasteiger partial charge in [-0.2, -0.15) is 13.2 Å². The van der Waals surface area contributed by atoms with Gasteiger partial charge in [-0.05, 0) is 105 Å². The summed E-state index contributed by atoms with van der Waals surface area (Å²) in [5.41, 5.74) is 1.50. The molecular formula is C40H52ClF3N4O6S. The molecule has 1 amide bonds. The monoisotopic (exact) mass is 808 g/mol. The Labute approximate surface area is 327 Å². The zero-order valence-corrected chi connectivity index (χ0v) is 33.1. The molecule has 1 saturated carbocycles. The number of rotatable bonds is 3. The minimum Gasteiger partial charge on any atom is -0.487 e. The van der Waals surface area contributed by atoms with Crippen LogP contribution in [0.3, 0.4) is 0 Å². The minimum atomic E-state index is -4.56. The van der Waals surface area contributed by atoms with Crippen molar-refractivity contribution in [3.63, 3.8) is 0 Å². The maximum atomic E-state index is 14.2. The summed E-state index contributed by atoms with van der Waals surface area (Å²) in [5.74, 6) is -1.04. The smallest absolute Gasteiger partial charge is 0.411 e. The number of ether oxygens (including phenoxy) is 3. The van der Waals surface area contributed by atoms with Crippen molar-refractivity contribution in [1.82, 2.24) is 14.5 Å². The van der Waals surface area contributed by atoms with Gasteiger partial charge >= 0.3 is 6.18 Å². The summed E-state index contributed by atoms with van der Waals surface area (Å²) in [6.07, 6.45) is 3.13. The number of morpholine rings is 1. The molecule has 6 atom stereocenters. The van der Waals surface area contributed by atoms with Gasteiger partial charge in [0.1, 0.15) is 24.7 Å². The number of nitrogens with one attached hydrogen (secondary N) is 1. The van der Waals surface area contributed by atoms with E-state index >= 15 is 0 Å². The standard InChI is InChI=1S/C40H52ClF3N4O6S/c1-27-6-5-14-39(54-26-40(42,43)44,48-17-16-46-18-19-52-25-34(46)23-48)35-12-9-31(35)22-47-15-4-3-7-29-20-33(41)11-8-32(29)24-53-37-13-10-30(21-36(37)47)38(49)45-55(50,51)28(27)2/h5,8,10-11,13-14,20-21,27-28,31,34-35H,3-4,6-7,9,12,15-19,22-26H2,1-2H3,(H,45,49)/b14-5+/t27-,28+,31-,34-,35+,39+/m0/s1. The number of sulfonamides is 1. The molecule has 0 unspecified atom stereocenters. The second-order valence-electron chi connectivity index (χ2n) is 15.9. The maximum absolute atomic E-state index is 14.2. The van der Waals surface area contributed by atoms with Crippen molar-refractivity contribution in [3.8, 4) is 5.75 Å². The Morgan fingerprint density at radius 3 is 2.64 bits per heavy atom. The Morgan fingerprint density at radius 2 is 1.85 bits per heavy atom. The highest BCUT2D eigenvalue weighted by molar-refractivity contribution is 7.90. The number of nitrogens with zero attached hydrogens (tertiary/aromatic N) is 3. The second-order valence-corrected chi connectivity index (χ2v) is 18.4. The molecule has 2 aromatic carbocycles. The first-order chi connectivity index (χ1) is 26.2. The molecular weight excluding hydrogens is 757 g/mol. The lowest BCUT2D eigenvalue weighted by molar-refractivity contribution is -0.261. The highest BCUT2D eigenvalue weighted by Gasteiger charge is 2.54. The molecule has 302 valence electrons. The zero-order valence-electron chi connectivity index (χ0n) is 31.5. The van der Waals surface area contributed by atoms with E-state index in [0.29, 0.717) is 68.8 Å². The number of carbonyl (C=O) groups is 1. The summed E-state index contributed by atoms with van der Waals surface area (Å²) in [4.78, 5) is 20.2. The van der Waals surface area contributed by atoms with E-state index in [4.69, 9.17) is 25.8 Å². The number of hydrogen-bond donors (Lipinski definition) is 1. The first-order valence-corrected chi connectivity index (χ1v) is 21.4. The van der Waals surface area contributed by atoms with E-state index in [-0.39, 0.29) is 36.5 Å². The molecule has 55 heavy (non-hydrogen) atoms. The van der Waals surface area contributed by atoms with Gasteiger partial charge in [-0.25, -0.2) is 13.1 Å². The third-order valence-corrected chi connectivity index (χ3v) is 14.6. The predicted octanol–water partition coefficient (Wildman–Crippen LogP) is 6.42. The Morgan fingerprint density at radius 1 is 1.02 bits per heavy atom. The van der Waals surface area contributed by atoms with E-state index in [9.17, 15) is 26.4 Å². The molecule has 1 N–H and O–H groups in total. The summed E-state index contributed by atoms with van der Waals surface area (Å²) in [7, 11) is -4.14. The highest BCUT2D eigenvalue weighted by Crippen LogP contribution is 2.49. The van der Waals surface area contributed by atoms with E-state index < -0.39 is 45.6 Å². The number of halogens is 4. The van der Waals surface area contributed by atoms with Crippen molar-refractivity contribution >= 4 is 33.2 Å². The largest absolute Gasteiger partial charge is 0.487 e. The molecule has 4 aliphatic heterocycles. The third kappa shape index (κ3) is 8.99. The van der Waals surface area contributed by atoms with Crippen molar-refractivity contribution in [2.45, 2.75) is 82.2 Å². The van der Waals surface area contributed by atoms with Crippen LogP contribution in [0.4, 0.5) is 18.9 Å². The summed E-state index contributed by atoms with van der Waals surface area (Å²) in [6, 6.07) is 10.7. The van der Waals surface area contributed by atoms with Crippen LogP contribution in [0.2, 0.25) is 5.02 Å². The molecule has 0 spiro atoms. The van der Waals surface area contributed by atoms with Crippen LogP contribution in [0.15, 0.2) is 48.6 Å². The Kier molecular flexibility index (Phi) is 12.1. The number of benzene rings is 2. The van der Waals surface area contributed by atoms with Crippen molar-refractivity contribution in [2.75, 3.05) is 64.0 Å². The van der Waals surface area contributed by atoms with E-state index in [1.54, 1.807) is 44.2 Å². The molecule has 2 aromatic rings. The van der Waals surface area contributed by atoms with Gasteiger partial charge in [-0.15, -0.1) is 0 Å². The van der Waals surface area contributed by atoms with Crippen molar-refractivity contribution in [1.29, 1.82) is 0 Å². The third-order valence-electron chi connectivity index (χ3n) is 12.4. The average molecular weight is 809 g/mol. The lowest BCUT2D eigenvalue weighted by atomic mass is 9.66. The first kappa shape index (κ1) is 40.3. The summed E-state index contributed by atoms with van der Waals surface area (Å²) < 4.78 is 90.6. The number of anilines is 1. The molecule has 1 aliphatic carbocycles. The molecule has 2 bridgehead atoms. The van der Waals surface area contributed by atoms with Crippen LogP contribution >= 0.6 is 11.6 Å². The maximum Gasteiger partial charge on any atom is 0.411 e. The number of hydrogen-bond acceptors (Lipinski definition) is 9. The van der Waals surface area contributed by atoms with Gasteiger partial charge in [-0.1, -0.05) is 30.7 Å². The van der Waals surface area contributed by atoms with Crippen LogP contribution in [0, 0.1) is 17.8 Å². The van der Waals surface area contributed by atoms with E-state index in [0.717, 1.165) is 43.4 Å². The normalized spacial score (nSPS) is 31.6. The van der Waals surface area contributed by atoms with E-state index in [1.165, 1.54) is 0 Å². The van der Waals surface area contributed by atoms with Gasteiger partial charge in [0.25, 0.3) is 5.91 Å². The van der Waals surface area contributed by atoms with E-state index in [1.807, 2.05) is 18.2 Å². The number of aryl methyl sites for hydroxylation is 1. The zero-order chi connectivity index (χ0) is 39.0. The second kappa shape index (κ2) is 16.5. The highest BCUT2D eigenvalue weighted by atomic mass is 35.5. The van der Waals surface area contributed by atoms with Gasteiger partial charge in [0, 0.05) is 61.8 Å². The van der Waals surface area contributed by atoms with Gasteiger partial charge in [0.05, 0.1) is 24.2 Å². The fourth-order valence-corrected chi connectivity index (χ4v) is 10.4. The van der Waals surface area contributed by atoms with Crippen LogP contribution in [-0.4, -0.2) is 106 Å². The van der Waals surface area contributed by atoms with Gasteiger partial charge in [0.15, 0.2) is 0 Å². The Hall–Kier alpha value is -2.88. The van der Waals surface area contributed by atoms with Crippen LogP contribution in [-0.2, 0) is 32.5 Å². The summed E-state index contributed by atoms with van der Waals surface area (Å²) >= 11 is 6.37. The van der Waals surface area contributed by atoms with Crippen molar-refractivity contribution < 1.29 is 40.6 Å². The topological polar surface area (TPSA) is 101 Å². The molecule has 0 radical (unpaired) electrons. The molecule has 10 nitrogen and oxygen atoms in total. The fraction of sp³-hybridized carbons (Fsp3) is 0.625.